The van der Waals surface area contributed by atoms with Crippen molar-refractivity contribution in [1.82, 2.24) is 69.8 Å². The second kappa shape index (κ2) is 25.1. The molecule has 0 fully saturated rings. The minimum absolute atomic E-state index is 0. The average Bonchev–Trinajstić information content (AvgIpc) is 3.51. The summed E-state index contributed by atoms with van der Waals surface area (Å²) >= 11 is 0. The second-order valence-corrected chi connectivity index (χ2v) is 16.3. The van der Waals surface area contributed by atoms with Crippen molar-refractivity contribution in [1.29, 1.82) is 0 Å². The molecule has 0 spiro atoms. The van der Waals surface area contributed by atoms with Crippen LogP contribution < -0.4 is 0 Å². The summed E-state index contributed by atoms with van der Waals surface area (Å²) in [4.78, 5) is 59.9. The number of hydrogen-bond donors (Lipinski definition) is 0. The first kappa shape index (κ1) is 51.5. The van der Waals surface area contributed by atoms with Crippen molar-refractivity contribution in [3.63, 3.8) is 0 Å². The first-order valence-electron chi connectivity index (χ1n) is 23.4. The van der Waals surface area contributed by atoms with Crippen LogP contribution in [0.5, 0.6) is 0 Å². The maximum atomic E-state index is 4.35. The first-order chi connectivity index (χ1) is 36.7. The molecular weight excluding hydrogens is 1120 g/mol. The Balaban J connectivity index is 0.000000116. The molecule has 0 bridgehead atoms. The van der Waals surface area contributed by atoms with Crippen LogP contribution in [-0.4, -0.2) is 69.8 Å². The zero-order valence-electron chi connectivity index (χ0n) is 40.1. The van der Waals surface area contributed by atoms with Gasteiger partial charge in [-0.2, -0.15) is 0 Å². The molecule has 11 heterocycles. The predicted octanol–water partition coefficient (Wildman–Crippen LogP) is 12.5. The van der Waals surface area contributed by atoms with Crippen molar-refractivity contribution < 1.29 is 39.0 Å². The smallest absolute Gasteiger partial charge is 0.118 e. The van der Waals surface area contributed by atoms with E-state index < -0.39 is 0 Å². The van der Waals surface area contributed by atoms with Crippen LogP contribution in [0.3, 0.4) is 0 Å². The molecule has 0 aliphatic rings. The molecule has 0 saturated heterocycles. The Hall–Kier alpha value is -9.35. The van der Waals surface area contributed by atoms with Crippen molar-refractivity contribution in [2.75, 3.05) is 0 Å². The summed E-state index contributed by atoms with van der Waals surface area (Å²) in [5, 5.41) is 9.10. The van der Waals surface area contributed by atoms with Crippen LogP contribution in [-0.2, 0) is 39.0 Å². The van der Waals surface area contributed by atoms with Gasteiger partial charge in [0.05, 0.1) is 56.5 Å². The minimum atomic E-state index is 0. The van der Waals surface area contributed by atoms with E-state index in [9.17, 15) is 0 Å². The number of benzene rings is 4. The summed E-state index contributed by atoms with van der Waals surface area (Å²) in [5.74, 6) is 0. The van der Waals surface area contributed by atoms with Gasteiger partial charge in [0.25, 0.3) is 0 Å². The Bertz CT molecular complexity index is 3650. The zero-order chi connectivity index (χ0) is 49.7. The summed E-state index contributed by atoms with van der Waals surface area (Å²) < 4.78 is 0. The second-order valence-electron chi connectivity index (χ2n) is 16.3. The van der Waals surface area contributed by atoms with Crippen LogP contribution >= 0.6 is 0 Å². The topological polar surface area (TPSA) is 180 Å². The van der Waals surface area contributed by atoms with E-state index in [4.69, 9.17) is 0 Å². The number of hydrogen-bond acceptors (Lipinski definition) is 14. The molecule has 11 aromatic heterocycles. The third-order valence-electron chi connectivity index (χ3n) is 11.7. The molecule has 4 aromatic carbocycles. The van der Waals surface area contributed by atoms with Gasteiger partial charge in [0.2, 0.25) is 0 Å². The predicted molar refractivity (Wildman–Crippen MR) is 292 cm³/mol. The van der Waals surface area contributed by atoms with Crippen LogP contribution in [0.4, 0.5) is 0 Å². The third-order valence-corrected chi connectivity index (χ3v) is 11.7. The van der Waals surface area contributed by atoms with Crippen LogP contribution in [0, 0.1) is 0 Å². The van der Waals surface area contributed by atoms with E-state index >= 15 is 0 Å². The molecule has 0 N–H and O–H groups in total. The molecule has 366 valence electrons. The zero-order valence-corrected chi connectivity index (χ0v) is 43.5. The van der Waals surface area contributed by atoms with E-state index in [-0.39, 0.29) is 39.0 Å². The third kappa shape index (κ3) is 11.7. The molecular formula is C60H40N14Ru2. The van der Waals surface area contributed by atoms with Crippen molar-refractivity contribution in [2.45, 2.75) is 0 Å². The molecule has 0 unspecified atom stereocenters. The standard InChI is InChI=1S/C12H8N6.4C12H8N2.2Ru/c1-3-15-9(7-13-1)11-12(18-6-5-17-11)10-8-14-2-4-16-10;4*1-3-9-5-6-10-4-2-8-14-12(10)11(9)13-7-1;;/h1-8H;4*1-8H;;. The SMILES string of the molecule is [Ru].[Ru].c1cnc(-c2nccnc2-c2cnccn2)cn1.c1cnc2c(c1)ccc1cccnc12.c1cnc2c(c1)ccc1cccnc12.c1cnc2c(c1)ccc1cccnc12.c1cnc2c(c1)ccc1cccnc12. The van der Waals surface area contributed by atoms with Crippen molar-refractivity contribution in [3.05, 3.63) is 245 Å². The van der Waals surface area contributed by atoms with Gasteiger partial charge in [0.1, 0.15) is 22.8 Å². The Labute approximate surface area is 460 Å². The number of fused-ring (bicyclic) bond motifs is 12. The summed E-state index contributed by atoms with van der Waals surface area (Å²) in [7, 11) is 0. The van der Waals surface area contributed by atoms with Gasteiger partial charge in [0.15, 0.2) is 0 Å². The molecule has 15 aromatic rings. The molecule has 16 heteroatoms. The number of nitrogens with zero attached hydrogens (tertiary/aromatic N) is 14. The summed E-state index contributed by atoms with van der Waals surface area (Å²) in [6.07, 6.45) is 27.4. The van der Waals surface area contributed by atoms with E-state index in [1.807, 2.05) is 48.5 Å². The van der Waals surface area contributed by atoms with Crippen LogP contribution in [0.15, 0.2) is 245 Å². The van der Waals surface area contributed by atoms with Gasteiger partial charge >= 0.3 is 0 Å². The number of rotatable bonds is 2. The van der Waals surface area contributed by atoms with Gasteiger partial charge in [-0.25, -0.2) is 0 Å². The fourth-order valence-electron chi connectivity index (χ4n) is 8.27. The first-order valence-corrected chi connectivity index (χ1v) is 23.4. The van der Waals surface area contributed by atoms with Crippen molar-refractivity contribution >= 4 is 87.2 Å². The Morgan fingerprint density at radius 3 is 0.566 bits per heavy atom. The molecule has 76 heavy (non-hydrogen) atoms. The van der Waals surface area contributed by atoms with Gasteiger partial charge < -0.3 is 0 Å². The van der Waals surface area contributed by atoms with Gasteiger partial charge in [-0.1, -0.05) is 97.1 Å². The Kier molecular flexibility index (Phi) is 17.0. The molecule has 0 atom stereocenters. The fourth-order valence-corrected chi connectivity index (χ4v) is 8.27. The molecule has 0 amide bonds. The van der Waals surface area contributed by atoms with E-state index in [1.165, 1.54) is 0 Å². The van der Waals surface area contributed by atoms with Crippen LogP contribution in [0.2, 0.25) is 0 Å². The average molecular weight is 1160 g/mol. The molecule has 14 nitrogen and oxygen atoms in total. The maximum Gasteiger partial charge on any atom is 0.118 e. The van der Waals surface area contributed by atoms with E-state index in [0.717, 1.165) is 87.2 Å². The fraction of sp³-hybridized carbons (Fsp3) is 0. The van der Waals surface area contributed by atoms with E-state index in [2.05, 4.69) is 167 Å². The maximum absolute atomic E-state index is 4.35. The largest absolute Gasteiger partial charge is 0.261 e. The van der Waals surface area contributed by atoms with Crippen molar-refractivity contribution in [3.8, 4) is 22.8 Å². The van der Waals surface area contributed by atoms with Gasteiger partial charge in [-0.15, -0.1) is 0 Å². The molecule has 0 aliphatic carbocycles. The summed E-state index contributed by atoms with van der Waals surface area (Å²) in [6.45, 7) is 0. The number of aromatic nitrogens is 14. The molecule has 0 aliphatic heterocycles. The number of pyridine rings is 8. The van der Waals surface area contributed by atoms with Crippen LogP contribution in [0.1, 0.15) is 0 Å². The van der Waals surface area contributed by atoms with Crippen LogP contribution in [0.25, 0.3) is 110 Å². The Morgan fingerprint density at radius 1 is 0.184 bits per heavy atom. The molecule has 0 radical (unpaired) electrons. The minimum Gasteiger partial charge on any atom is -0.261 e. The normalized spacial score (nSPS) is 10.4. The van der Waals surface area contributed by atoms with Gasteiger partial charge in [-0.05, 0) is 48.5 Å². The van der Waals surface area contributed by atoms with E-state index in [1.54, 1.807) is 99.1 Å². The summed E-state index contributed by atoms with van der Waals surface area (Å²) in [6, 6.07) is 48.6. The molecule has 15 rings (SSSR count). The molecule has 0 saturated carbocycles. The summed E-state index contributed by atoms with van der Waals surface area (Å²) in [5.41, 5.74) is 10.4. The van der Waals surface area contributed by atoms with Gasteiger partial charge in [-0.3, -0.25) is 69.8 Å². The van der Waals surface area contributed by atoms with Gasteiger partial charge in [0, 0.05) is 169 Å². The monoisotopic (exact) mass is 1160 g/mol. The van der Waals surface area contributed by atoms with Crippen molar-refractivity contribution in [2.24, 2.45) is 0 Å². The van der Waals surface area contributed by atoms with E-state index in [0.29, 0.717) is 22.8 Å². The quantitative estimate of drug-likeness (QED) is 0.118. The Morgan fingerprint density at radius 2 is 0.382 bits per heavy atom.